The molecule has 2 atom stereocenters. The lowest BCUT2D eigenvalue weighted by atomic mass is 9.99. The van der Waals surface area contributed by atoms with Crippen molar-refractivity contribution in [1.82, 2.24) is 4.90 Å². The number of rotatable bonds is 1. The maximum absolute atomic E-state index is 11.1. The molecule has 2 aliphatic rings. The van der Waals surface area contributed by atoms with Gasteiger partial charge in [-0.3, -0.25) is 9.59 Å². The first-order valence-corrected chi connectivity index (χ1v) is 4.60. The number of fused-ring (bicyclic) bond motifs is 1. The third-order valence-corrected chi connectivity index (χ3v) is 3.20. The van der Waals surface area contributed by atoms with Crippen LogP contribution in [0.5, 0.6) is 0 Å². The first-order chi connectivity index (χ1) is 5.72. The first-order valence-electron chi connectivity index (χ1n) is 3.55. The maximum atomic E-state index is 11.1. The number of carbonyl (C=O) groups is 2. The Morgan fingerprint density at radius 2 is 2.50 bits per heavy atom. The second-order valence-corrected chi connectivity index (χ2v) is 3.82. The SMILES string of the molecule is O=C(O)C1C(=O)N2C=CCS[C@@H]12. The number of hydrogen-bond donors (Lipinski definition) is 1. The summed E-state index contributed by atoms with van der Waals surface area (Å²) < 4.78 is 0. The summed E-state index contributed by atoms with van der Waals surface area (Å²) in [5.74, 6) is -1.34. The molecule has 0 aromatic heterocycles. The number of carboxylic acid groups (broad SMARTS) is 1. The van der Waals surface area contributed by atoms with Crippen molar-refractivity contribution in [3.8, 4) is 0 Å². The van der Waals surface area contributed by atoms with Gasteiger partial charge in [0.1, 0.15) is 5.37 Å². The van der Waals surface area contributed by atoms with Gasteiger partial charge in [0.05, 0.1) is 0 Å². The number of amides is 1. The fourth-order valence-electron chi connectivity index (χ4n) is 1.36. The number of carbonyl (C=O) groups excluding carboxylic acids is 1. The number of thioether (sulfide) groups is 1. The smallest absolute Gasteiger partial charge is 0.319 e. The highest BCUT2D eigenvalue weighted by atomic mass is 32.2. The zero-order valence-electron chi connectivity index (χ0n) is 6.14. The normalized spacial score (nSPS) is 32.7. The van der Waals surface area contributed by atoms with E-state index in [-0.39, 0.29) is 11.3 Å². The Morgan fingerprint density at radius 1 is 1.75 bits per heavy atom. The molecule has 0 bridgehead atoms. The minimum absolute atomic E-state index is 0.167. The van der Waals surface area contributed by atoms with E-state index in [0.29, 0.717) is 0 Å². The summed E-state index contributed by atoms with van der Waals surface area (Å²) in [5.41, 5.74) is 0. The zero-order chi connectivity index (χ0) is 8.72. The molecule has 2 rings (SSSR count). The van der Waals surface area contributed by atoms with Crippen molar-refractivity contribution in [2.24, 2.45) is 5.92 Å². The Hall–Kier alpha value is -0.970. The molecule has 1 amide bonds. The van der Waals surface area contributed by atoms with Gasteiger partial charge in [-0.15, -0.1) is 11.8 Å². The minimum atomic E-state index is -1.01. The van der Waals surface area contributed by atoms with Gasteiger partial charge >= 0.3 is 5.97 Å². The molecular weight excluding hydrogens is 178 g/mol. The van der Waals surface area contributed by atoms with Gasteiger partial charge < -0.3 is 10.0 Å². The molecule has 0 spiro atoms. The Kier molecular flexibility index (Phi) is 1.61. The van der Waals surface area contributed by atoms with Crippen LogP contribution in [-0.2, 0) is 9.59 Å². The summed E-state index contributed by atoms with van der Waals surface area (Å²) in [6.07, 6.45) is 3.53. The van der Waals surface area contributed by atoms with Crippen LogP contribution in [0.25, 0.3) is 0 Å². The zero-order valence-corrected chi connectivity index (χ0v) is 6.95. The van der Waals surface area contributed by atoms with Gasteiger partial charge in [0.15, 0.2) is 5.92 Å². The van der Waals surface area contributed by atoms with Crippen molar-refractivity contribution in [3.63, 3.8) is 0 Å². The highest BCUT2D eigenvalue weighted by Crippen LogP contribution is 2.37. The van der Waals surface area contributed by atoms with Crippen LogP contribution in [0.3, 0.4) is 0 Å². The van der Waals surface area contributed by atoms with E-state index in [1.54, 1.807) is 6.20 Å². The van der Waals surface area contributed by atoms with Gasteiger partial charge in [-0.05, 0) is 0 Å². The molecule has 12 heavy (non-hydrogen) atoms. The number of β-lactam (4-membered cyclic amide) rings is 1. The molecule has 0 saturated carbocycles. The fraction of sp³-hybridized carbons (Fsp3) is 0.429. The standard InChI is InChI=1S/C7H7NO3S/c9-5-4(7(10)11)6-8(5)2-1-3-12-6/h1-2,4,6H,3H2,(H,10,11)/t4?,6-/m0/s1. The summed E-state index contributed by atoms with van der Waals surface area (Å²) in [6.45, 7) is 0. The number of nitrogens with zero attached hydrogens (tertiary/aromatic N) is 1. The monoisotopic (exact) mass is 185 g/mol. The van der Waals surface area contributed by atoms with E-state index < -0.39 is 11.9 Å². The number of carboxylic acids is 1. The summed E-state index contributed by atoms with van der Waals surface area (Å²) >= 11 is 1.49. The molecule has 5 heteroatoms. The maximum Gasteiger partial charge on any atom is 0.319 e. The molecule has 64 valence electrons. The van der Waals surface area contributed by atoms with Crippen molar-refractivity contribution in [1.29, 1.82) is 0 Å². The minimum Gasteiger partial charge on any atom is -0.481 e. The molecule has 2 heterocycles. The number of aliphatic carboxylic acids is 1. The Bertz CT molecular complexity index is 276. The summed E-state index contributed by atoms with van der Waals surface area (Å²) in [4.78, 5) is 23.2. The van der Waals surface area contributed by atoms with Gasteiger partial charge in [0.2, 0.25) is 5.91 Å². The Balaban J connectivity index is 2.18. The van der Waals surface area contributed by atoms with Crippen LogP contribution >= 0.6 is 11.8 Å². The van der Waals surface area contributed by atoms with Crippen LogP contribution in [-0.4, -0.2) is 33.0 Å². The van der Waals surface area contributed by atoms with Gasteiger partial charge in [-0.1, -0.05) is 6.08 Å². The van der Waals surface area contributed by atoms with Crippen LogP contribution in [0.1, 0.15) is 0 Å². The van der Waals surface area contributed by atoms with E-state index >= 15 is 0 Å². The second kappa shape index (κ2) is 2.52. The van der Waals surface area contributed by atoms with E-state index in [1.165, 1.54) is 16.7 Å². The molecule has 0 aromatic carbocycles. The predicted molar refractivity (Wildman–Crippen MR) is 43.4 cm³/mol. The average molecular weight is 185 g/mol. The van der Waals surface area contributed by atoms with Crippen LogP contribution in [0.2, 0.25) is 0 Å². The average Bonchev–Trinajstić information content (AvgIpc) is 2.03. The third kappa shape index (κ3) is 0.859. The molecular formula is C7H7NO3S. The van der Waals surface area contributed by atoms with Crippen LogP contribution < -0.4 is 0 Å². The van der Waals surface area contributed by atoms with Crippen molar-refractivity contribution >= 4 is 23.6 Å². The van der Waals surface area contributed by atoms with Gasteiger partial charge in [-0.2, -0.15) is 0 Å². The first kappa shape index (κ1) is 7.67. The molecule has 0 radical (unpaired) electrons. The van der Waals surface area contributed by atoms with E-state index in [0.717, 1.165) is 5.75 Å². The lowest BCUT2D eigenvalue weighted by Crippen LogP contribution is -2.60. The van der Waals surface area contributed by atoms with Gasteiger partial charge in [-0.25, -0.2) is 0 Å². The van der Waals surface area contributed by atoms with Gasteiger partial charge in [0.25, 0.3) is 0 Å². The molecule has 0 aromatic rings. The second-order valence-electron chi connectivity index (χ2n) is 2.67. The Morgan fingerprint density at radius 3 is 3.17 bits per heavy atom. The number of hydrogen-bond acceptors (Lipinski definition) is 3. The fourth-order valence-corrected chi connectivity index (χ4v) is 2.51. The van der Waals surface area contributed by atoms with Crippen molar-refractivity contribution in [2.75, 3.05) is 5.75 Å². The summed E-state index contributed by atoms with van der Waals surface area (Å²) in [6, 6.07) is 0. The topological polar surface area (TPSA) is 57.6 Å². The van der Waals surface area contributed by atoms with E-state index in [1.807, 2.05) is 6.08 Å². The Labute approximate surface area is 73.2 Å². The molecule has 2 aliphatic heterocycles. The highest BCUT2D eigenvalue weighted by Gasteiger charge is 2.51. The molecule has 1 saturated heterocycles. The predicted octanol–water partition coefficient (Wildman–Crippen LogP) is 0.116. The summed E-state index contributed by atoms with van der Waals surface area (Å²) in [5, 5.41) is 8.49. The van der Waals surface area contributed by atoms with E-state index in [2.05, 4.69) is 0 Å². The van der Waals surface area contributed by atoms with Crippen molar-refractivity contribution in [3.05, 3.63) is 12.3 Å². The van der Waals surface area contributed by atoms with E-state index in [9.17, 15) is 9.59 Å². The highest BCUT2D eigenvalue weighted by molar-refractivity contribution is 8.00. The van der Waals surface area contributed by atoms with Crippen LogP contribution in [0.4, 0.5) is 0 Å². The quantitative estimate of drug-likeness (QED) is 0.465. The lowest BCUT2D eigenvalue weighted by Gasteiger charge is -2.44. The van der Waals surface area contributed by atoms with Crippen LogP contribution in [0.15, 0.2) is 12.3 Å². The lowest BCUT2D eigenvalue weighted by molar-refractivity contribution is -0.161. The van der Waals surface area contributed by atoms with Crippen molar-refractivity contribution < 1.29 is 14.7 Å². The third-order valence-electron chi connectivity index (χ3n) is 1.98. The molecule has 4 nitrogen and oxygen atoms in total. The molecule has 0 aliphatic carbocycles. The van der Waals surface area contributed by atoms with E-state index in [4.69, 9.17) is 5.11 Å². The van der Waals surface area contributed by atoms with Gasteiger partial charge in [0, 0.05) is 12.0 Å². The molecule has 1 N–H and O–H groups in total. The molecule has 1 fully saturated rings. The largest absolute Gasteiger partial charge is 0.481 e. The van der Waals surface area contributed by atoms with Crippen LogP contribution in [0, 0.1) is 5.92 Å². The van der Waals surface area contributed by atoms with Crippen molar-refractivity contribution in [2.45, 2.75) is 5.37 Å². The summed E-state index contributed by atoms with van der Waals surface area (Å²) in [7, 11) is 0. The molecule has 1 unspecified atom stereocenters.